The summed E-state index contributed by atoms with van der Waals surface area (Å²) >= 11 is 0. The van der Waals surface area contributed by atoms with Gasteiger partial charge < -0.3 is 29.1 Å². The van der Waals surface area contributed by atoms with E-state index in [0.717, 1.165) is 11.3 Å². The van der Waals surface area contributed by atoms with E-state index in [0.29, 0.717) is 17.2 Å². The van der Waals surface area contributed by atoms with Crippen LogP contribution in [0.15, 0.2) is 47.6 Å². The number of amides is 1. The zero-order chi connectivity index (χ0) is 20.6. The maximum absolute atomic E-state index is 12.2. The van der Waals surface area contributed by atoms with Gasteiger partial charge in [0.1, 0.15) is 5.75 Å². The fourth-order valence-corrected chi connectivity index (χ4v) is 2.38. The third kappa shape index (κ3) is 5.61. The van der Waals surface area contributed by atoms with Crippen LogP contribution in [0.25, 0.3) is 0 Å². The molecule has 0 saturated carbocycles. The Morgan fingerprint density at radius 3 is 2.69 bits per heavy atom. The number of ether oxygens (including phenoxy) is 4. The van der Waals surface area contributed by atoms with E-state index < -0.39 is 24.6 Å². The Hall–Kier alpha value is -3.75. The number of esters is 1. The molecule has 0 aromatic heterocycles. The summed E-state index contributed by atoms with van der Waals surface area (Å²) in [6, 6.07) is 12.1. The van der Waals surface area contributed by atoms with Crippen molar-refractivity contribution in [3.05, 3.63) is 48.0 Å². The number of fused-ring (bicyclic) bond motifs is 1. The molecule has 9 nitrogen and oxygen atoms in total. The highest BCUT2D eigenvalue weighted by Crippen LogP contribution is 2.34. The SMILES string of the molecule is COc1ccc(/C=N\OCC(=O)O[C@H](C)C(=O)Nc2ccc3c(c2)OCO3)cc1. The van der Waals surface area contributed by atoms with Crippen molar-refractivity contribution < 1.29 is 33.4 Å². The summed E-state index contributed by atoms with van der Waals surface area (Å²) in [5.74, 6) is 0.661. The molecule has 1 atom stereocenters. The van der Waals surface area contributed by atoms with Crippen molar-refractivity contribution in [1.82, 2.24) is 0 Å². The summed E-state index contributed by atoms with van der Waals surface area (Å²) in [5, 5.41) is 6.34. The van der Waals surface area contributed by atoms with Crippen molar-refractivity contribution in [1.29, 1.82) is 0 Å². The average molecular weight is 400 g/mol. The third-order valence-corrected chi connectivity index (χ3v) is 3.89. The molecule has 1 amide bonds. The van der Waals surface area contributed by atoms with Crippen molar-refractivity contribution in [2.75, 3.05) is 25.8 Å². The van der Waals surface area contributed by atoms with E-state index in [-0.39, 0.29) is 6.79 Å². The summed E-state index contributed by atoms with van der Waals surface area (Å²) in [6.45, 7) is 1.18. The zero-order valence-electron chi connectivity index (χ0n) is 15.9. The molecular formula is C20H20N2O7. The minimum atomic E-state index is -1.01. The molecule has 29 heavy (non-hydrogen) atoms. The van der Waals surface area contributed by atoms with Crippen molar-refractivity contribution >= 4 is 23.8 Å². The molecule has 2 aromatic rings. The number of hydrogen-bond donors (Lipinski definition) is 1. The van der Waals surface area contributed by atoms with E-state index >= 15 is 0 Å². The standard InChI is InChI=1S/C20H20N2O7/c1-13(20(24)22-15-5-8-17-18(9-15)27-12-26-17)29-19(23)11-28-21-10-14-3-6-16(25-2)7-4-14/h3-10,13H,11-12H2,1-2H3,(H,22,24)/b21-10-/t13-/m1/s1. The first kappa shape index (κ1) is 20.0. The van der Waals surface area contributed by atoms with Crippen molar-refractivity contribution in [3.8, 4) is 17.2 Å². The number of carbonyl (C=O) groups excluding carboxylic acids is 2. The monoisotopic (exact) mass is 400 g/mol. The lowest BCUT2D eigenvalue weighted by Gasteiger charge is -2.13. The van der Waals surface area contributed by atoms with Crippen molar-refractivity contribution in [2.24, 2.45) is 5.16 Å². The van der Waals surface area contributed by atoms with Crippen molar-refractivity contribution in [2.45, 2.75) is 13.0 Å². The second kappa shape index (κ2) is 9.45. The maximum atomic E-state index is 12.2. The molecule has 152 valence electrons. The predicted octanol–water partition coefficient (Wildman–Crippen LogP) is 2.34. The molecule has 0 unspecified atom stereocenters. The highest BCUT2D eigenvalue weighted by Gasteiger charge is 2.20. The Morgan fingerprint density at radius 2 is 1.93 bits per heavy atom. The number of hydrogen-bond acceptors (Lipinski definition) is 8. The number of nitrogens with zero attached hydrogens (tertiary/aromatic N) is 1. The Labute approximate surface area is 167 Å². The van der Waals surface area contributed by atoms with Gasteiger partial charge >= 0.3 is 5.97 Å². The average Bonchev–Trinajstić information content (AvgIpc) is 3.19. The van der Waals surface area contributed by atoms with Gasteiger partial charge in [-0.05, 0) is 48.9 Å². The molecule has 0 radical (unpaired) electrons. The third-order valence-electron chi connectivity index (χ3n) is 3.89. The molecule has 3 rings (SSSR count). The number of oxime groups is 1. The van der Waals surface area contributed by atoms with E-state index in [9.17, 15) is 9.59 Å². The van der Waals surface area contributed by atoms with Crippen LogP contribution in [0.4, 0.5) is 5.69 Å². The van der Waals surface area contributed by atoms with Crippen LogP contribution < -0.4 is 19.5 Å². The summed E-state index contributed by atoms with van der Waals surface area (Å²) in [5.41, 5.74) is 1.28. The van der Waals surface area contributed by atoms with Gasteiger partial charge in [-0.15, -0.1) is 0 Å². The molecule has 0 saturated heterocycles. The maximum Gasteiger partial charge on any atom is 0.347 e. The molecule has 0 fully saturated rings. The fraction of sp³-hybridized carbons (Fsp3) is 0.250. The molecule has 0 spiro atoms. The number of methoxy groups -OCH3 is 1. The second-order valence-electron chi connectivity index (χ2n) is 5.97. The van der Waals surface area contributed by atoms with Gasteiger partial charge in [0.15, 0.2) is 17.6 Å². The number of benzene rings is 2. The van der Waals surface area contributed by atoms with Crippen LogP contribution in [0.1, 0.15) is 12.5 Å². The summed E-state index contributed by atoms with van der Waals surface area (Å²) in [6.07, 6.45) is 0.435. The van der Waals surface area contributed by atoms with Crippen LogP contribution in [0.2, 0.25) is 0 Å². The van der Waals surface area contributed by atoms with Gasteiger partial charge in [-0.1, -0.05) is 5.16 Å². The van der Waals surface area contributed by atoms with Gasteiger partial charge in [0.25, 0.3) is 5.91 Å². The van der Waals surface area contributed by atoms with Crippen LogP contribution >= 0.6 is 0 Å². The first-order chi connectivity index (χ1) is 14.0. The van der Waals surface area contributed by atoms with Crippen molar-refractivity contribution in [3.63, 3.8) is 0 Å². The second-order valence-corrected chi connectivity index (χ2v) is 5.97. The number of nitrogens with one attached hydrogen (secondary N) is 1. The lowest BCUT2D eigenvalue weighted by Crippen LogP contribution is -2.31. The van der Waals surface area contributed by atoms with E-state index in [1.807, 2.05) is 0 Å². The molecule has 1 N–H and O–H groups in total. The largest absolute Gasteiger partial charge is 0.497 e. The van der Waals surface area contributed by atoms with Crippen LogP contribution in [0.3, 0.4) is 0 Å². The van der Waals surface area contributed by atoms with Crippen LogP contribution in [-0.4, -0.2) is 44.7 Å². The zero-order valence-corrected chi connectivity index (χ0v) is 15.9. The lowest BCUT2D eigenvalue weighted by atomic mass is 10.2. The van der Waals surface area contributed by atoms with Gasteiger partial charge in [0.05, 0.1) is 13.3 Å². The number of anilines is 1. The quantitative estimate of drug-likeness (QED) is 0.412. The lowest BCUT2D eigenvalue weighted by molar-refractivity contribution is -0.157. The van der Waals surface area contributed by atoms with Crippen LogP contribution in [0.5, 0.6) is 17.2 Å². The van der Waals surface area contributed by atoms with Gasteiger partial charge in [-0.25, -0.2) is 4.79 Å². The number of carbonyl (C=O) groups is 2. The van der Waals surface area contributed by atoms with E-state index in [4.69, 9.17) is 23.8 Å². The highest BCUT2D eigenvalue weighted by atomic mass is 16.7. The molecule has 1 heterocycles. The van der Waals surface area contributed by atoms with E-state index in [2.05, 4.69) is 10.5 Å². The predicted molar refractivity (Wildman–Crippen MR) is 103 cm³/mol. The van der Waals surface area contributed by atoms with E-state index in [1.165, 1.54) is 13.1 Å². The molecule has 9 heteroatoms. The summed E-state index contributed by atoms with van der Waals surface area (Å²) in [4.78, 5) is 28.9. The molecule has 2 aromatic carbocycles. The molecule has 1 aliphatic rings. The van der Waals surface area contributed by atoms with Gasteiger partial charge in [0, 0.05) is 11.8 Å². The van der Waals surface area contributed by atoms with Gasteiger partial charge in [-0.2, -0.15) is 0 Å². The fourth-order valence-electron chi connectivity index (χ4n) is 2.38. The minimum absolute atomic E-state index is 0.141. The molecule has 0 aliphatic carbocycles. The first-order valence-electron chi connectivity index (χ1n) is 8.74. The number of rotatable bonds is 8. The normalized spacial score (nSPS) is 13.0. The Bertz CT molecular complexity index is 896. The van der Waals surface area contributed by atoms with Gasteiger partial charge in [-0.3, -0.25) is 4.79 Å². The minimum Gasteiger partial charge on any atom is -0.497 e. The van der Waals surface area contributed by atoms with Gasteiger partial charge in [0.2, 0.25) is 13.4 Å². The highest BCUT2D eigenvalue weighted by molar-refractivity contribution is 5.95. The Kier molecular flexibility index (Phi) is 6.51. The molecule has 1 aliphatic heterocycles. The van der Waals surface area contributed by atoms with Crippen LogP contribution in [0, 0.1) is 0 Å². The Morgan fingerprint density at radius 1 is 1.17 bits per heavy atom. The topological polar surface area (TPSA) is 105 Å². The summed E-state index contributed by atoms with van der Waals surface area (Å²) < 4.78 is 20.6. The Balaban J connectivity index is 1.41. The summed E-state index contributed by atoms with van der Waals surface area (Å²) in [7, 11) is 1.58. The first-order valence-corrected chi connectivity index (χ1v) is 8.74. The molecule has 0 bridgehead atoms. The molecular weight excluding hydrogens is 380 g/mol. The van der Waals surface area contributed by atoms with Crippen LogP contribution in [-0.2, 0) is 19.2 Å². The smallest absolute Gasteiger partial charge is 0.347 e. The van der Waals surface area contributed by atoms with E-state index in [1.54, 1.807) is 49.6 Å².